The van der Waals surface area contributed by atoms with E-state index < -0.39 is 12.1 Å². The van der Waals surface area contributed by atoms with Crippen molar-refractivity contribution in [2.75, 3.05) is 13.2 Å². The van der Waals surface area contributed by atoms with Gasteiger partial charge >= 0.3 is 11.9 Å². The number of hydrogen-bond acceptors (Lipinski definition) is 6. The Bertz CT molecular complexity index is 765. The summed E-state index contributed by atoms with van der Waals surface area (Å²) < 4.78 is 10.4. The maximum Gasteiger partial charge on any atom is 0.306 e. The van der Waals surface area contributed by atoms with Crippen LogP contribution in [0.3, 0.4) is 0 Å². The zero-order valence-electron chi connectivity index (χ0n) is 26.0. The molecule has 0 saturated heterocycles. The second-order valence-corrected chi connectivity index (χ2v) is 10.6. The first kappa shape index (κ1) is 38.5. The van der Waals surface area contributed by atoms with Crippen LogP contribution in [0, 0.1) is 0 Å². The molecule has 0 fully saturated rings. The summed E-state index contributed by atoms with van der Waals surface area (Å²) in [7, 11) is 0. The molecular weight excluding hydrogens is 516 g/mol. The minimum Gasteiger partial charge on any atom is -0.462 e. The van der Waals surface area contributed by atoms with E-state index in [0.717, 1.165) is 57.8 Å². The van der Waals surface area contributed by atoms with E-state index in [1.54, 1.807) is 6.08 Å². The number of allylic oxidation sites excluding steroid dienone is 8. The molecule has 1 atom stereocenters. The van der Waals surface area contributed by atoms with Crippen molar-refractivity contribution in [3.63, 3.8) is 0 Å². The summed E-state index contributed by atoms with van der Waals surface area (Å²) in [4.78, 5) is 35.6. The smallest absolute Gasteiger partial charge is 0.306 e. The number of carbonyl (C=O) groups is 3. The highest BCUT2D eigenvalue weighted by Crippen LogP contribution is 2.11. The predicted octanol–water partition coefficient (Wildman–Crippen LogP) is 8.68. The lowest BCUT2D eigenvalue weighted by Crippen LogP contribution is -2.28. The number of unbranched alkanes of at least 4 members (excludes halogenated alkanes) is 11. The van der Waals surface area contributed by atoms with E-state index in [1.165, 1.54) is 38.5 Å². The van der Waals surface area contributed by atoms with Gasteiger partial charge in [0.2, 0.25) is 0 Å². The molecule has 0 aromatic heterocycles. The standard InChI is InChI=1S/C35H58O6/c1-3-5-7-8-9-13-17-20-24-28-34(38)40-31-33(30-36)41-35(39)29-25-21-18-15-12-10-11-14-16-19-23-27-32(37)26-22-6-4-2/h10-11,15-16,18-19,23,27,33,36H,3-9,12-14,17,20-22,24-26,28-31H2,1-2H3/b11-10-,18-15-,19-16-,27-23+/t33-/m0/s1. The van der Waals surface area contributed by atoms with Gasteiger partial charge in [-0.15, -0.1) is 0 Å². The van der Waals surface area contributed by atoms with Gasteiger partial charge < -0.3 is 14.6 Å². The molecule has 234 valence electrons. The van der Waals surface area contributed by atoms with Gasteiger partial charge in [0, 0.05) is 19.3 Å². The molecule has 0 bridgehead atoms. The molecule has 0 saturated carbocycles. The molecule has 6 heteroatoms. The number of aliphatic hydroxyl groups is 1. The Morgan fingerprint density at radius 1 is 0.634 bits per heavy atom. The molecule has 6 nitrogen and oxygen atoms in total. The summed E-state index contributed by atoms with van der Waals surface area (Å²) in [6.07, 6.45) is 32.9. The normalized spacial score (nSPS) is 12.7. The number of carbonyl (C=O) groups excluding carboxylic acids is 3. The van der Waals surface area contributed by atoms with Crippen LogP contribution in [0.4, 0.5) is 0 Å². The Hall–Kier alpha value is -2.47. The SMILES string of the molecule is CCCCCCCCCCCC(=O)OC[C@H](CO)OC(=O)CCC/C=C\C/C=C\C/C=C\C=C\C(=O)CCCCC. The Labute approximate surface area is 250 Å². The largest absolute Gasteiger partial charge is 0.462 e. The molecule has 0 aliphatic carbocycles. The summed E-state index contributed by atoms with van der Waals surface area (Å²) in [6.45, 7) is 3.88. The summed E-state index contributed by atoms with van der Waals surface area (Å²) >= 11 is 0. The summed E-state index contributed by atoms with van der Waals surface area (Å²) in [6, 6.07) is 0. The minimum atomic E-state index is -0.814. The maximum atomic E-state index is 12.1. The fourth-order valence-electron chi connectivity index (χ4n) is 4.09. The first-order valence-corrected chi connectivity index (χ1v) is 16.1. The molecule has 0 radical (unpaired) electrons. The van der Waals surface area contributed by atoms with Gasteiger partial charge in [-0.1, -0.05) is 121 Å². The summed E-state index contributed by atoms with van der Waals surface area (Å²) in [5, 5.41) is 9.46. The lowest BCUT2D eigenvalue weighted by Gasteiger charge is -2.15. The molecule has 0 rings (SSSR count). The Kier molecular flexibility index (Phi) is 28.7. The van der Waals surface area contributed by atoms with Crippen LogP contribution in [0.2, 0.25) is 0 Å². The molecular formula is C35H58O6. The van der Waals surface area contributed by atoms with Crippen LogP contribution in [0.25, 0.3) is 0 Å². The van der Waals surface area contributed by atoms with E-state index >= 15 is 0 Å². The zero-order valence-corrected chi connectivity index (χ0v) is 26.0. The van der Waals surface area contributed by atoms with Crippen molar-refractivity contribution in [1.82, 2.24) is 0 Å². The second kappa shape index (κ2) is 30.5. The van der Waals surface area contributed by atoms with Gasteiger partial charge in [-0.05, 0) is 44.6 Å². The van der Waals surface area contributed by atoms with Crippen molar-refractivity contribution in [3.05, 3.63) is 48.6 Å². The van der Waals surface area contributed by atoms with Gasteiger partial charge in [0.15, 0.2) is 11.9 Å². The highest BCUT2D eigenvalue weighted by Gasteiger charge is 2.15. The lowest BCUT2D eigenvalue weighted by molar-refractivity contribution is -0.161. The second-order valence-electron chi connectivity index (χ2n) is 10.6. The number of rotatable bonds is 28. The fourth-order valence-corrected chi connectivity index (χ4v) is 4.09. The van der Waals surface area contributed by atoms with E-state index in [0.29, 0.717) is 19.3 Å². The number of esters is 2. The summed E-state index contributed by atoms with van der Waals surface area (Å²) in [5.41, 5.74) is 0. The molecule has 0 aliphatic rings. The van der Waals surface area contributed by atoms with Gasteiger partial charge in [0.05, 0.1) is 6.61 Å². The Morgan fingerprint density at radius 2 is 1.20 bits per heavy atom. The average Bonchev–Trinajstić information content (AvgIpc) is 2.96. The molecule has 0 aromatic rings. The summed E-state index contributed by atoms with van der Waals surface area (Å²) in [5.74, 6) is -0.513. The van der Waals surface area contributed by atoms with E-state index in [-0.39, 0.29) is 31.4 Å². The van der Waals surface area contributed by atoms with Gasteiger partial charge in [-0.25, -0.2) is 0 Å². The van der Waals surface area contributed by atoms with Gasteiger partial charge in [-0.3, -0.25) is 14.4 Å². The highest BCUT2D eigenvalue weighted by molar-refractivity contribution is 5.89. The van der Waals surface area contributed by atoms with E-state index in [2.05, 4.69) is 32.1 Å². The van der Waals surface area contributed by atoms with Gasteiger partial charge in [0.1, 0.15) is 6.61 Å². The van der Waals surface area contributed by atoms with Crippen LogP contribution in [0.15, 0.2) is 48.6 Å². The topological polar surface area (TPSA) is 89.9 Å². The number of ether oxygens (including phenoxy) is 2. The maximum absolute atomic E-state index is 12.1. The van der Waals surface area contributed by atoms with Crippen molar-refractivity contribution >= 4 is 17.7 Å². The number of aliphatic hydroxyl groups excluding tert-OH is 1. The monoisotopic (exact) mass is 574 g/mol. The molecule has 0 amide bonds. The van der Waals surface area contributed by atoms with Crippen LogP contribution in [0.1, 0.15) is 136 Å². The van der Waals surface area contributed by atoms with Crippen LogP contribution < -0.4 is 0 Å². The van der Waals surface area contributed by atoms with Crippen LogP contribution in [-0.2, 0) is 23.9 Å². The van der Waals surface area contributed by atoms with Crippen LogP contribution in [-0.4, -0.2) is 42.1 Å². The fraction of sp³-hybridized carbons (Fsp3) is 0.686. The third-order valence-electron chi connectivity index (χ3n) is 6.60. The zero-order chi connectivity index (χ0) is 30.2. The van der Waals surface area contributed by atoms with Crippen LogP contribution >= 0.6 is 0 Å². The minimum absolute atomic E-state index is 0.104. The molecule has 0 heterocycles. The van der Waals surface area contributed by atoms with Gasteiger partial charge in [0.25, 0.3) is 0 Å². The highest BCUT2D eigenvalue weighted by atomic mass is 16.6. The lowest BCUT2D eigenvalue weighted by atomic mass is 10.1. The average molecular weight is 575 g/mol. The molecule has 41 heavy (non-hydrogen) atoms. The molecule has 0 spiro atoms. The van der Waals surface area contributed by atoms with E-state index in [1.807, 2.05) is 24.3 Å². The number of hydrogen-bond donors (Lipinski definition) is 1. The first-order valence-electron chi connectivity index (χ1n) is 16.1. The third-order valence-corrected chi connectivity index (χ3v) is 6.60. The molecule has 1 N–H and O–H groups in total. The van der Waals surface area contributed by atoms with E-state index in [4.69, 9.17) is 9.47 Å². The molecule has 0 aromatic carbocycles. The van der Waals surface area contributed by atoms with Crippen molar-refractivity contribution in [1.29, 1.82) is 0 Å². The van der Waals surface area contributed by atoms with Crippen molar-refractivity contribution in [3.8, 4) is 0 Å². The Balaban J connectivity index is 3.80. The third kappa shape index (κ3) is 28.8. The van der Waals surface area contributed by atoms with Crippen molar-refractivity contribution in [2.45, 2.75) is 142 Å². The van der Waals surface area contributed by atoms with Gasteiger partial charge in [-0.2, -0.15) is 0 Å². The quantitative estimate of drug-likeness (QED) is 0.0330. The Morgan fingerprint density at radius 3 is 1.88 bits per heavy atom. The molecule has 0 unspecified atom stereocenters. The number of ketones is 1. The van der Waals surface area contributed by atoms with Crippen molar-refractivity contribution < 1.29 is 29.0 Å². The molecule has 0 aliphatic heterocycles. The van der Waals surface area contributed by atoms with Crippen LogP contribution in [0.5, 0.6) is 0 Å². The van der Waals surface area contributed by atoms with E-state index in [9.17, 15) is 19.5 Å². The predicted molar refractivity (Wildman–Crippen MR) is 169 cm³/mol. The first-order chi connectivity index (χ1) is 20.0. The van der Waals surface area contributed by atoms with Crippen molar-refractivity contribution in [2.24, 2.45) is 0 Å².